The summed E-state index contributed by atoms with van der Waals surface area (Å²) in [6, 6.07) is 1.81. The number of hydrogen-bond acceptors (Lipinski definition) is 6. The molecule has 1 N–H and O–H groups in total. The molecule has 88 valence electrons. The van der Waals surface area contributed by atoms with Gasteiger partial charge in [0.05, 0.1) is 6.54 Å². The van der Waals surface area contributed by atoms with Crippen LogP contribution in [0.25, 0.3) is 0 Å². The van der Waals surface area contributed by atoms with E-state index in [-0.39, 0.29) is 0 Å². The van der Waals surface area contributed by atoms with Crippen LogP contribution in [-0.2, 0) is 6.54 Å². The van der Waals surface area contributed by atoms with E-state index in [9.17, 15) is 0 Å². The molecule has 6 heteroatoms. The molecule has 0 unspecified atom stereocenters. The summed E-state index contributed by atoms with van der Waals surface area (Å²) in [5.74, 6) is 3.37. The summed E-state index contributed by atoms with van der Waals surface area (Å²) < 4.78 is 5.53. The van der Waals surface area contributed by atoms with E-state index in [1.807, 2.05) is 13.0 Å². The van der Waals surface area contributed by atoms with Gasteiger partial charge in [0.2, 0.25) is 11.8 Å². The highest BCUT2D eigenvalue weighted by atomic mass is 16.4. The molecule has 1 aliphatic rings. The van der Waals surface area contributed by atoms with Crippen LogP contribution in [0.5, 0.6) is 0 Å². The Balaban J connectivity index is 1.62. The average molecular weight is 231 g/mol. The second kappa shape index (κ2) is 4.12. The Kier molecular flexibility index (Phi) is 2.47. The molecule has 0 radical (unpaired) electrons. The summed E-state index contributed by atoms with van der Waals surface area (Å²) in [7, 11) is 0. The number of anilines is 1. The minimum atomic E-state index is 0.496. The van der Waals surface area contributed by atoms with Gasteiger partial charge in [-0.25, -0.2) is 9.97 Å². The molecule has 6 nitrogen and oxygen atoms in total. The minimum absolute atomic E-state index is 0.496. The maximum atomic E-state index is 5.53. The van der Waals surface area contributed by atoms with Gasteiger partial charge in [-0.3, -0.25) is 0 Å². The third kappa shape index (κ3) is 2.41. The first-order chi connectivity index (χ1) is 8.31. The number of aromatic nitrogens is 4. The lowest BCUT2D eigenvalue weighted by Crippen LogP contribution is -2.02. The Morgan fingerprint density at radius 3 is 3.06 bits per heavy atom. The molecule has 0 aliphatic heterocycles. The molecule has 0 amide bonds. The first kappa shape index (κ1) is 10.2. The van der Waals surface area contributed by atoms with Crippen LogP contribution in [0.15, 0.2) is 16.7 Å². The summed E-state index contributed by atoms with van der Waals surface area (Å²) in [5.41, 5.74) is 0. The summed E-state index contributed by atoms with van der Waals surface area (Å²) in [4.78, 5) is 8.26. The number of rotatable bonds is 4. The second-order valence-electron chi connectivity index (χ2n) is 4.15. The fraction of sp³-hybridized carbons (Fsp3) is 0.455. The van der Waals surface area contributed by atoms with Gasteiger partial charge in [-0.1, -0.05) is 0 Å². The van der Waals surface area contributed by atoms with Crippen LogP contribution in [0.1, 0.15) is 36.4 Å². The van der Waals surface area contributed by atoms with Gasteiger partial charge in [-0.05, 0) is 25.8 Å². The van der Waals surface area contributed by atoms with E-state index in [0.29, 0.717) is 18.4 Å². The van der Waals surface area contributed by atoms with Crippen molar-refractivity contribution in [3.8, 4) is 0 Å². The standard InChI is InChI=1S/C11H13N5O/c1-7-12-5-4-9(14-7)13-6-10-15-16-11(17-10)8-2-3-8/h4-5,8H,2-3,6H2,1H3,(H,12,13,14). The first-order valence-corrected chi connectivity index (χ1v) is 5.67. The van der Waals surface area contributed by atoms with E-state index >= 15 is 0 Å². The third-order valence-corrected chi connectivity index (χ3v) is 2.61. The SMILES string of the molecule is Cc1nccc(NCc2nnc(C3CC3)o2)n1. The van der Waals surface area contributed by atoms with Crippen molar-refractivity contribution in [2.75, 3.05) is 5.32 Å². The van der Waals surface area contributed by atoms with Crippen LogP contribution in [-0.4, -0.2) is 20.2 Å². The summed E-state index contributed by atoms with van der Waals surface area (Å²) >= 11 is 0. The molecule has 1 fully saturated rings. The van der Waals surface area contributed by atoms with E-state index in [1.54, 1.807) is 6.20 Å². The van der Waals surface area contributed by atoms with Gasteiger partial charge in [0.25, 0.3) is 0 Å². The van der Waals surface area contributed by atoms with Crippen molar-refractivity contribution in [2.45, 2.75) is 32.2 Å². The zero-order chi connectivity index (χ0) is 11.7. The molecule has 0 spiro atoms. The van der Waals surface area contributed by atoms with Crippen molar-refractivity contribution in [3.05, 3.63) is 29.9 Å². The van der Waals surface area contributed by atoms with E-state index in [2.05, 4.69) is 25.5 Å². The fourth-order valence-corrected chi connectivity index (χ4v) is 1.55. The zero-order valence-electron chi connectivity index (χ0n) is 9.55. The van der Waals surface area contributed by atoms with Crippen LogP contribution >= 0.6 is 0 Å². The van der Waals surface area contributed by atoms with Gasteiger partial charge in [0.1, 0.15) is 11.6 Å². The smallest absolute Gasteiger partial charge is 0.235 e. The molecule has 0 saturated heterocycles. The van der Waals surface area contributed by atoms with Gasteiger partial charge in [0, 0.05) is 12.1 Å². The van der Waals surface area contributed by atoms with Crippen molar-refractivity contribution in [2.24, 2.45) is 0 Å². The lowest BCUT2D eigenvalue weighted by Gasteiger charge is -2.01. The van der Waals surface area contributed by atoms with E-state index < -0.39 is 0 Å². The van der Waals surface area contributed by atoms with Crippen molar-refractivity contribution in [1.29, 1.82) is 0 Å². The Morgan fingerprint density at radius 1 is 1.41 bits per heavy atom. The maximum absolute atomic E-state index is 5.53. The number of nitrogens with one attached hydrogen (secondary N) is 1. The predicted molar refractivity (Wildman–Crippen MR) is 60.4 cm³/mol. The number of nitrogens with zero attached hydrogens (tertiary/aromatic N) is 4. The average Bonchev–Trinajstić information content (AvgIpc) is 3.07. The van der Waals surface area contributed by atoms with E-state index in [0.717, 1.165) is 17.5 Å². The monoisotopic (exact) mass is 231 g/mol. The van der Waals surface area contributed by atoms with Crippen LogP contribution < -0.4 is 5.32 Å². The lowest BCUT2D eigenvalue weighted by atomic mass is 10.4. The van der Waals surface area contributed by atoms with Gasteiger partial charge in [0.15, 0.2) is 0 Å². The first-order valence-electron chi connectivity index (χ1n) is 5.67. The highest BCUT2D eigenvalue weighted by Gasteiger charge is 2.29. The van der Waals surface area contributed by atoms with Gasteiger partial charge < -0.3 is 9.73 Å². The summed E-state index contributed by atoms with van der Waals surface area (Å²) in [6.45, 7) is 2.35. The van der Waals surface area contributed by atoms with Crippen LogP contribution in [0, 0.1) is 6.92 Å². The van der Waals surface area contributed by atoms with Crippen molar-refractivity contribution < 1.29 is 4.42 Å². The quantitative estimate of drug-likeness (QED) is 0.862. The van der Waals surface area contributed by atoms with E-state index in [1.165, 1.54) is 12.8 Å². The molecule has 2 aromatic heterocycles. The van der Waals surface area contributed by atoms with Gasteiger partial charge in [-0.15, -0.1) is 10.2 Å². The molecule has 0 aromatic carbocycles. The minimum Gasteiger partial charge on any atom is -0.423 e. The molecule has 3 rings (SSSR count). The molecular weight excluding hydrogens is 218 g/mol. The predicted octanol–water partition coefficient (Wildman–Crippen LogP) is 1.66. The largest absolute Gasteiger partial charge is 0.423 e. The van der Waals surface area contributed by atoms with Gasteiger partial charge in [-0.2, -0.15) is 0 Å². The third-order valence-electron chi connectivity index (χ3n) is 2.61. The lowest BCUT2D eigenvalue weighted by molar-refractivity contribution is 0.457. The maximum Gasteiger partial charge on any atom is 0.235 e. The molecule has 1 saturated carbocycles. The Hall–Kier alpha value is -1.98. The second-order valence-corrected chi connectivity index (χ2v) is 4.15. The molecule has 0 atom stereocenters. The molecule has 17 heavy (non-hydrogen) atoms. The highest BCUT2D eigenvalue weighted by molar-refractivity contribution is 5.32. The normalized spacial score (nSPS) is 14.9. The fourth-order valence-electron chi connectivity index (χ4n) is 1.55. The van der Waals surface area contributed by atoms with Crippen molar-refractivity contribution in [3.63, 3.8) is 0 Å². The topological polar surface area (TPSA) is 76.7 Å². The van der Waals surface area contributed by atoms with Crippen molar-refractivity contribution >= 4 is 5.82 Å². The zero-order valence-corrected chi connectivity index (χ0v) is 9.55. The van der Waals surface area contributed by atoms with E-state index in [4.69, 9.17) is 4.42 Å². The molecule has 2 heterocycles. The molecule has 2 aromatic rings. The van der Waals surface area contributed by atoms with Crippen LogP contribution in [0.2, 0.25) is 0 Å². The van der Waals surface area contributed by atoms with Gasteiger partial charge >= 0.3 is 0 Å². The molecular formula is C11H13N5O. The van der Waals surface area contributed by atoms with Crippen LogP contribution in [0.3, 0.4) is 0 Å². The van der Waals surface area contributed by atoms with Crippen molar-refractivity contribution in [1.82, 2.24) is 20.2 Å². The molecule has 0 bridgehead atoms. The number of hydrogen-bond donors (Lipinski definition) is 1. The summed E-state index contributed by atoms with van der Waals surface area (Å²) in [6.07, 6.45) is 4.05. The van der Waals surface area contributed by atoms with Crippen LogP contribution in [0.4, 0.5) is 5.82 Å². The Bertz CT molecular complexity index is 520. The Labute approximate surface area is 98.5 Å². The Morgan fingerprint density at radius 2 is 2.29 bits per heavy atom. The number of aryl methyl sites for hydroxylation is 1. The highest BCUT2D eigenvalue weighted by Crippen LogP contribution is 2.38. The molecule has 1 aliphatic carbocycles. The summed E-state index contributed by atoms with van der Waals surface area (Å²) in [5, 5.41) is 11.1.